The molecule has 4 atom stereocenters. The molecule has 2 saturated heterocycles. The summed E-state index contributed by atoms with van der Waals surface area (Å²) in [7, 11) is 0. The topological polar surface area (TPSA) is 66.9 Å². The van der Waals surface area contributed by atoms with Crippen LogP contribution in [0.2, 0.25) is 0 Å². The fourth-order valence-corrected chi connectivity index (χ4v) is 6.63. The molecule has 3 aliphatic heterocycles. The lowest BCUT2D eigenvalue weighted by Gasteiger charge is -2.36. The zero-order valence-electron chi connectivity index (χ0n) is 23.1. The SMILES string of the molecule is O=C(OC(c1ccccc1)c1ccccc1)[C@H]1[C@@H]2C(=O)N(c3cccc(C(F)(F)F)c3)C(=O)[C@@H]2[C@H]2C=Cc3ccccc3N21. The smallest absolute Gasteiger partial charge is 0.416 e. The molecular weight excluding hydrogens is 569 g/mol. The third-order valence-corrected chi connectivity index (χ3v) is 8.53. The fraction of sp³-hybridized carbons (Fsp3) is 0.171. The number of alkyl halides is 3. The van der Waals surface area contributed by atoms with E-state index in [0.29, 0.717) is 5.69 Å². The van der Waals surface area contributed by atoms with E-state index in [-0.39, 0.29) is 5.69 Å². The number of rotatable bonds is 5. The maximum Gasteiger partial charge on any atom is 0.416 e. The normalized spacial score (nSPS) is 22.2. The number of ether oxygens (including phenoxy) is 1. The third kappa shape index (κ3) is 4.47. The monoisotopic (exact) mass is 594 g/mol. The molecule has 220 valence electrons. The molecule has 6 nitrogen and oxygen atoms in total. The van der Waals surface area contributed by atoms with Gasteiger partial charge in [-0.3, -0.25) is 9.59 Å². The van der Waals surface area contributed by atoms with Crippen LogP contribution in [0.15, 0.2) is 115 Å². The second-order valence-electron chi connectivity index (χ2n) is 11.0. The summed E-state index contributed by atoms with van der Waals surface area (Å²) in [5, 5.41) is 0. The summed E-state index contributed by atoms with van der Waals surface area (Å²) in [6.07, 6.45) is -1.85. The number of hydrogen-bond donors (Lipinski definition) is 0. The number of esters is 1. The molecule has 4 aromatic carbocycles. The molecule has 7 rings (SSSR count). The summed E-state index contributed by atoms with van der Waals surface area (Å²) in [6.45, 7) is 0. The predicted molar refractivity (Wildman–Crippen MR) is 157 cm³/mol. The van der Waals surface area contributed by atoms with Gasteiger partial charge in [0.05, 0.1) is 29.1 Å². The van der Waals surface area contributed by atoms with E-state index in [0.717, 1.165) is 39.8 Å². The molecule has 9 heteroatoms. The Hall–Kier alpha value is -5.18. The number of carbonyl (C=O) groups excluding carboxylic acids is 3. The first-order chi connectivity index (χ1) is 21.2. The third-order valence-electron chi connectivity index (χ3n) is 8.53. The Balaban J connectivity index is 1.31. The molecule has 3 aliphatic rings. The van der Waals surface area contributed by atoms with Crippen LogP contribution in [-0.2, 0) is 25.3 Å². The van der Waals surface area contributed by atoms with Crippen molar-refractivity contribution in [3.8, 4) is 0 Å². The van der Waals surface area contributed by atoms with Crippen LogP contribution in [0, 0.1) is 11.8 Å². The van der Waals surface area contributed by atoms with Gasteiger partial charge < -0.3 is 9.64 Å². The lowest BCUT2D eigenvalue weighted by atomic mass is 9.88. The van der Waals surface area contributed by atoms with E-state index in [1.807, 2.05) is 84.9 Å². The van der Waals surface area contributed by atoms with Gasteiger partial charge in [-0.25, -0.2) is 9.69 Å². The van der Waals surface area contributed by atoms with Gasteiger partial charge in [-0.15, -0.1) is 0 Å². The van der Waals surface area contributed by atoms with E-state index in [2.05, 4.69) is 0 Å². The Bertz CT molecular complexity index is 1750. The summed E-state index contributed by atoms with van der Waals surface area (Å²) in [5.74, 6) is -4.30. The molecule has 2 fully saturated rings. The Labute approximate surface area is 251 Å². The van der Waals surface area contributed by atoms with Gasteiger partial charge in [0.15, 0.2) is 6.10 Å². The molecule has 0 aromatic heterocycles. The van der Waals surface area contributed by atoms with Crippen LogP contribution in [0.25, 0.3) is 6.08 Å². The second-order valence-corrected chi connectivity index (χ2v) is 11.0. The number of nitrogens with zero attached hydrogens (tertiary/aromatic N) is 2. The Kier molecular flexibility index (Phi) is 6.61. The quantitative estimate of drug-likeness (QED) is 0.197. The van der Waals surface area contributed by atoms with Gasteiger partial charge in [0, 0.05) is 5.69 Å². The standard InChI is InChI=1S/C35H25F3N2O4/c36-35(37,38)24-15-9-16-25(20-24)39-32(41)28-27-19-18-21-10-7-8-17-26(21)40(27)30(29(28)33(39)42)34(43)44-31(22-11-3-1-4-12-22)23-13-5-2-6-14-23/h1-20,27-31H/t27-,28-,29-,30-/m1/s1. The summed E-state index contributed by atoms with van der Waals surface area (Å²) in [4.78, 5) is 45.0. The largest absolute Gasteiger partial charge is 0.451 e. The van der Waals surface area contributed by atoms with Crippen molar-refractivity contribution in [3.63, 3.8) is 0 Å². The molecule has 0 unspecified atom stereocenters. The van der Waals surface area contributed by atoms with Crippen LogP contribution in [0.4, 0.5) is 24.5 Å². The van der Waals surface area contributed by atoms with E-state index < -0.39 is 59.5 Å². The maximum atomic E-state index is 14.4. The Morgan fingerprint density at radius 1 is 0.750 bits per heavy atom. The highest BCUT2D eigenvalue weighted by Crippen LogP contribution is 2.50. The first-order valence-electron chi connectivity index (χ1n) is 14.1. The van der Waals surface area contributed by atoms with E-state index in [4.69, 9.17) is 4.74 Å². The van der Waals surface area contributed by atoms with Crippen LogP contribution in [0.1, 0.15) is 28.4 Å². The number of fused-ring (bicyclic) bond motifs is 5. The zero-order chi connectivity index (χ0) is 30.6. The highest BCUT2D eigenvalue weighted by Gasteiger charge is 2.65. The number of hydrogen-bond acceptors (Lipinski definition) is 5. The number of anilines is 2. The first-order valence-corrected chi connectivity index (χ1v) is 14.1. The van der Waals surface area contributed by atoms with Crippen LogP contribution in [-0.4, -0.2) is 29.9 Å². The zero-order valence-corrected chi connectivity index (χ0v) is 23.1. The van der Waals surface area contributed by atoms with E-state index in [9.17, 15) is 27.6 Å². The van der Waals surface area contributed by atoms with Crippen molar-refractivity contribution in [1.82, 2.24) is 0 Å². The minimum Gasteiger partial charge on any atom is -0.451 e. The number of halogens is 3. The van der Waals surface area contributed by atoms with Crippen molar-refractivity contribution in [2.24, 2.45) is 11.8 Å². The minimum absolute atomic E-state index is 0.186. The van der Waals surface area contributed by atoms with E-state index in [1.54, 1.807) is 17.0 Å². The van der Waals surface area contributed by atoms with Gasteiger partial charge in [0.1, 0.15) is 6.04 Å². The Morgan fingerprint density at radius 2 is 1.36 bits per heavy atom. The lowest BCUT2D eigenvalue weighted by molar-refractivity contribution is -0.151. The molecule has 0 aliphatic carbocycles. The number of amides is 2. The van der Waals surface area contributed by atoms with Crippen molar-refractivity contribution < 1.29 is 32.3 Å². The highest BCUT2D eigenvalue weighted by atomic mass is 19.4. The van der Waals surface area contributed by atoms with Gasteiger partial charge in [0.25, 0.3) is 0 Å². The molecule has 44 heavy (non-hydrogen) atoms. The summed E-state index contributed by atoms with van der Waals surface area (Å²) in [5.41, 5.74) is 1.74. The molecular formula is C35H25F3N2O4. The summed E-state index contributed by atoms with van der Waals surface area (Å²) in [6, 6.07) is 27.9. The molecule has 4 aromatic rings. The number of para-hydroxylation sites is 1. The average Bonchev–Trinajstić information content (AvgIpc) is 3.52. The van der Waals surface area contributed by atoms with Gasteiger partial charge in [-0.05, 0) is 41.0 Å². The summed E-state index contributed by atoms with van der Waals surface area (Å²) < 4.78 is 46.9. The van der Waals surface area contributed by atoms with Crippen molar-refractivity contribution in [1.29, 1.82) is 0 Å². The number of benzene rings is 4. The van der Waals surface area contributed by atoms with Crippen LogP contribution in [0.5, 0.6) is 0 Å². The van der Waals surface area contributed by atoms with Crippen LogP contribution >= 0.6 is 0 Å². The van der Waals surface area contributed by atoms with Crippen molar-refractivity contribution in [2.45, 2.75) is 24.4 Å². The first kappa shape index (κ1) is 27.6. The summed E-state index contributed by atoms with van der Waals surface area (Å²) >= 11 is 0. The van der Waals surface area contributed by atoms with E-state index in [1.165, 1.54) is 6.07 Å². The fourth-order valence-electron chi connectivity index (χ4n) is 6.63. The molecule has 3 heterocycles. The predicted octanol–water partition coefficient (Wildman–Crippen LogP) is 6.43. The number of carbonyl (C=O) groups is 3. The molecule has 0 bridgehead atoms. The second kappa shape index (κ2) is 10.5. The molecule has 0 N–H and O–H groups in total. The van der Waals surface area contributed by atoms with Gasteiger partial charge in [0.2, 0.25) is 11.8 Å². The maximum absolute atomic E-state index is 14.4. The van der Waals surface area contributed by atoms with E-state index >= 15 is 0 Å². The minimum atomic E-state index is -4.67. The molecule has 0 radical (unpaired) electrons. The number of imide groups is 1. The Morgan fingerprint density at radius 3 is 2.02 bits per heavy atom. The van der Waals surface area contributed by atoms with Crippen molar-refractivity contribution in [3.05, 3.63) is 138 Å². The van der Waals surface area contributed by atoms with Crippen LogP contribution in [0.3, 0.4) is 0 Å². The molecule has 0 saturated carbocycles. The van der Waals surface area contributed by atoms with Gasteiger partial charge >= 0.3 is 12.1 Å². The van der Waals surface area contributed by atoms with Crippen molar-refractivity contribution in [2.75, 3.05) is 9.80 Å². The van der Waals surface area contributed by atoms with Gasteiger partial charge in [-0.1, -0.05) is 97.1 Å². The molecule has 2 amide bonds. The molecule has 0 spiro atoms. The lowest BCUT2D eigenvalue weighted by Crippen LogP contribution is -2.49. The highest BCUT2D eigenvalue weighted by molar-refractivity contribution is 6.24. The van der Waals surface area contributed by atoms with Crippen molar-refractivity contribution >= 4 is 35.2 Å². The van der Waals surface area contributed by atoms with Gasteiger partial charge in [-0.2, -0.15) is 13.2 Å². The average molecular weight is 595 g/mol. The van der Waals surface area contributed by atoms with Crippen LogP contribution < -0.4 is 9.80 Å².